The Bertz CT molecular complexity index is 971. The molecule has 0 N–H and O–H groups in total. The summed E-state index contributed by atoms with van der Waals surface area (Å²) in [5.74, 6) is 0.791. The minimum Gasteiger partial charge on any atom is -0.465 e. The monoisotopic (exact) mass is 412 g/mol. The predicted molar refractivity (Wildman–Crippen MR) is 116 cm³/mol. The van der Waals surface area contributed by atoms with Gasteiger partial charge in [0.2, 0.25) is 0 Å². The first kappa shape index (κ1) is 20.9. The molecule has 29 heavy (non-hydrogen) atoms. The molecular formula is C22H24N2O4S. The normalized spacial score (nSPS) is 17.2. The number of rotatable bonds is 5. The van der Waals surface area contributed by atoms with Crippen molar-refractivity contribution in [3.8, 4) is 11.3 Å². The Morgan fingerprint density at radius 3 is 2.41 bits per heavy atom. The number of amides is 1. The number of methoxy groups -OCH3 is 1. The number of nitrogens with zero attached hydrogens (tertiary/aromatic N) is 2. The first-order valence-corrected chi connectivity index (χ1v) is 10.2. The van der Waals surface area contributed by atoms with Gasteiger partial charge in [-0.2, -0.15) is 0 Å². The van der Waals surface area contributed by atoms with Gasteiger partial charge in [0.05, 0.1) is 17.6 Å². The van der Waals surface area contributed by atoms with E-state index >= 15 is 0 Å². The molecule has 6 nitrogen and oxygen atoms in total. The van der Waals surface area contributed by atoms with Crippen LogP contribution in [0.4, 0.5) is 0 Å². The molecular weight excluding hydrogens is 388 g/mol. The highest BCUT2D eigenvalue weighted by Crippen LogP contribution is 2.35. The summed E-state index contributed by atoms with van der Waals surface area (Å²) in [6, 6.07) is 10.8. The molecule has 3 rings (SSSR count). The number of aliphatic imine (C=N–C) groups is 1. The molecule has 2 aromatic rings. The highest BCUT2D eigenvalue weighted by Gasteiger charge is 2.35. The van der Waals surface area contributed by atoms with Crippen LogP contribution in [0.2, 0.25) is 0 Å². The van der Waals surface area contributed by atoms with Gasteiger partial charge in [-0.15, -0.1) is 0 Å². The quantitative estimate of drug-likeness (QED) is 0.520. The minimum absolute atomic E-state index is 0.0267. The number of ether oxygens (including phenoxy) is 1. The lowest BCUT2D eigenvalue weighted by Gasteiger charge is -2.20. The number of benzene rings is 1. The fraction of sp³-hybridized carbons (Fsp3) is 0.318. The van der Waals surface area contributed by atoms with Gasteiger partial charge < -0.3 is 9.15 Å². The Balaban J connectivity index is 1.84. The van der Waals surface area contributed by atoms with Crippen LogP contribution in [0.3, 0.4) is 0 Å². The maximum Gasteiger partial charge on any atom is 0.337 e. The molecule has 0 bridgehead atoms. The predicted octanol–water partition coefficient (Wildman–Crippen LogP) is 4.82. The molecule has 0 atom stereocenters. The Kier molecular flexibility index (Phi) is 6.27. The third kappa shape index (κ3) is 4.62. The van der Waals surface area contributed by atoms with Gasteiger partial charge in [0, 0.05) is 23.7 Å². The lowest BCUT2D eigenvalue weighted by Crippen LogP contribution is -2.35. The highest BCUT2D eigenvalue weighted by molar-refractivity contribution is 8.18. The Morgan fingerprint density at radius 1 is 1.14 bits per heavy atom. The van der Waals surface area contributed by atoms with Crippen LogP contribution in [0.25, 0.3) is 17.4 Å². The molecule has 0 spiro atoms. The average Bonchev–Trinajstić information content (AvgIpc) is 3.26. The van der Waals surface area contributed by atoms with Crippen molar-refractivity contribution < 1.29 is 18.7 Å². The first-order valence-electron chi connectivity index (χ1n) is 9.39. The largest absolute Gasteiger partial charge is 0.465 e. The van der Waals surface area contributed by atoms with Crippen molar-refractivity contribution in [1.82, 2.24) is 4.90 Å². The number of carbonyl (C=O) groups is 2. The van der Waals surface area contributed by atoms with Crippen LogP contribution in [0, 0.1) is 0 Å². The average molecular weight is 413 g/mol. The lowest BCUT2D eigenvalue weighted by molar-refractivity contribution is -0.123. The number of thioether (sulfide) groups is 1. The van der Waals surface area contributed by atoms with E-state index in [0.29, 0.717) is 22.0 Å². The van der Waals surface area contributed by atoms with E-state index in [1.165, 1.54) is 18.9 Å². The van der Waals surface area contributed by atoms with Crippen molar-refractivity contribution in [2.24, 2.45) is 4.99 Å². The van der Waals surface area contributed by atoms with E-state index in [1.807, 2.05) is 39.8 Å². The Hall–Kier alpha value is -2.80. The Labute approximate surface area is 174 Å². The van der Waals surface area contributed by atoms with Crippen molar-refractivity contribution in [2.75, 3.05) is 7.11 Å². The number of amidine groups is 1. The number of furan rings is 1. The van der Waals surface area contributed by atoms with Gasteiger partial charge in [-0.3, -0.25) is 14.7 Å². The number of esters is 1. The molecule has 1 aliphatic heterocycles. The molecule has 152 valence electrons. The van der Waals surface area contributed by atoms with Gasteiger partial charge in [-0.1, -0.05) is 12.1 Å². The van der Waals surface area contributed by atoms with E-state index < -0.39 is 0 Å². The van der Waals surface area contributed by atoms with Crippen LogP contribution in [0.1, 0.15) is 43.8 Å². The van der Waals surface area contributed by atoms with Crippen molar-refractivity contribution in [2.45, 2.75) is 39.8 Å². The van der Waals surface area contributed by atoms with Crippen LogP contribution in [0.5, 0.6) is 0 Å². The zero-order valence-electron chi connectivity index (χ0n) is 17.1. The second-order valence-electron chi connectivity index (χ2n) is 7.16. The molecule has 1 fully saturated rings. The summed E-state index contributed by atoms with van der Waals surface area (Å²) in [5, 5.41) is 0.719. The zero-order valence-corrected chi connectivity index (χ0v) is 17.9. The third-order valence-corrected chi connectivity index (χ3v) is 5.21. The fourth-order valence-electron chi connectivity index (χ4n) is 2.86. The summed E-state index contributed by atoms with van der Waals surface area (Å²) in [7, 11) is 1.35. The van der Waals surface area contributed by atoms with Crippen LogP contribution in [-0.4, -0.2) is 41.1 Å². The van der Waals surface area contributed by atoms with Gasteiger partial charge in [0.25, 0.3) is 5.91 Å². The van der Waals surface area contributed by atoms with Crippen LogP contribution in [0.15, 0.2) is 50.7 Å². The highest BCUT2D eigenvalue weighted by atomic mass is 32.2. The summed E-state index contributed by atoms with van der Waals surface area (Å²) >= 11 is 1.37. The second kappa shape index (κ2) is 8.69. The van der Waals surface area contributed by atoms with Crippen molar-refractivity contribution in [3.63, 3.8) is 0 Å². The summed E-state index contributed by atoms with van der Waals surface area (Å²) < 4.78 is 10.6. The van der Waals surface area contributed by atoms with E-state index in [2.05, 4.69) is 4.99 Å². The van der Waals surface area contributed by atoms with Gasteiger partial charge >= 0.3 is 5.97 Å². The molecule has 1 aliphatic rings. The maximum absolute atomic E-state index is 12.8. The van der Waals surface area contributed by atoms with Crippen LogP contribution >= 0.6 is 11.8 Å². The zero-order chi connectivity index (χ0) is 21.1. The van der Waals surface area contributed by atoms with Crippen LogP contribution in [-0.2, 0) is 9.53 Å². The molecule has 1 amide bonds. The minimum atomic E-state index is -0.383. The van der Waals surface area contributed by atoms with E-state index in [1.54, 1.807) is 35.2 Å². The van der Waals surface area contributed by atoms with Gasteiger partial charge in [-0.25, -0.2) is 4.79 Å². The molecule has 1 saturated heterocycles. The van der Waals surface area contributed by atoms with Gasteiger partial charge in [0.15, 0.2) is 5.17 Å². The molecule has 0 saturated carbocycles. The topological polar surface area (TPSA) is 72.1 Å². The van der Waals surface area contributed by atoms with E-state index in [4.69, 9.17) is 9.15 Å². The second-order valence-corrected chi connectivity index (χ2v) is 8.17. The molecule has 1 aromatic carbocycles. The van der Waals surface area contributed by atoms with E-state index in [-0.39, 0.29) is 24.0 Å². The summed E-state index contributed by atoms with van der Waals surface area (Å²) in [4.78, 5) is 31.3. The summed E-state index contributed by atoms with van der Waals surface area (Å²) in [5.41, 5.74) is 1.31. The molecule has 2 heterocycles. The number of hydrogen-bond acceptors (Lipinski definition) is 6. The molecule has 0 radical (unpaired) electrons. The smallest absolute Gasteiger partial charge is 0.337 e. The Morgan fingerprint density at radius 2 is 1.83 bits per heavy atom. The fourth-order valence-corrected chi connectivity index (χ4v) is 4.07. The van der Waals surface area contributed by atoms with Gasteiger partial charge in [-0.05, 0) is 63.7 Å². The van der Waals surface area contributed by atoms with E-state index in [0.717, 1.165) is 10.7 Å². The molecule has 0 aliphatic carbocycles. The standard InChI is InChI=1S/C22H24N2O4S/c1-13(2)23-22-24(14(3)4)20(25)19(29-22)12-17-10-11-18(28-17)15-6-8-16(9-7-15)21(26)27-5/h6-14H,1-5H3/b19-12+,23-22?. The number of carbonyl (C=O) groups excluding carboxylic acids is 2. The van der Waals surface area contributed by atoms with Crippen molar-refractivity contribution >= 4 is 34.9 Å². The SMILES string of the molecule is COC(=O)c1ccc(-c2ccc(/C=C3/SC(=NC(C)C)N(C(C)C)C3=O)o2)cc1. The van der Waals surface area contributed by atoms with Crippen molar-refractivity contribution in [3.05, 3.63) is 52.6 Å². The maximum atomic E-state index is 12.8. The van der Waals surface area contributed by atoms with Crippen LogP contribution < -0.4 is 0 Å². The summed E-state index contributed by atoms with van der Waals surface area (Å²) in [6.07, 6.45) is 1.75. The van der Waals surface area contributed by atoms with Crippen molar-refractivity contribution in [1.29, 1.82) is 0 Å². The number of hydrogen-bond donors (Lipinski definition) is 0. The molecule has 0 unspecified atom stereocenters. The summed E-state index contributed by atoms with van der Waals surface area (Å²) in [6.45, 7) is 7.92. The van der Waals surface area contributed by atoms with E-state index in [9.17, 15) is 9.59 Å². The third-order valence-electron chi connectivity index (χ3n) is 4.21. The first-order chi connectivity index (χ1) is 13.8. The molecule has 1 aromatic heterocycles. The molecule has 7 heteroatoms. The lowest BCUT2D eigenvalue weighted by atomic mass is 10.1. The van der Waals surface area contributed by atoms with Gasteiger partial charge in [0.1, 0.15) is 11.5 Å².